The zero-order valence-electron chi connectivity index (χ0n) is 50.1. The summed E-state index contributed by atoms with van der Waals surface area (Å²) in [6.07, 6.45) is 0. The van der Waals surface area contributed by atoms with Gasteiger partial charge in [-0.25, -0.2) is 0 Å². The van der Waals surface area contributed by atoms with Gasteiger partial charge < -0.3 is 9.80 Å². The number of hydrogen-bond donors (Lipinski definition) is 0. The van der Waals surface area contributed by atoms with E-state index in [1.807, 2.05) is 0 Å². The summed E-state index contributed by atoms with van der Waals surface area (Å²) in [5.41, 5.74) is 27.3. The quantitative estimate of drug-likeness (QED) is 0.111. The highest BCUT2D eigenvalue weighted by Gasteiger charge is 2.46. The lowest BCUT2D eigenvalue weighted by atomic mass is 9.33. The first-order valence-corrected chi connectivity index (χ1v) is 30.8. The van der Waals surface area contributed by atoms with Gasteiger partial charge in [-0.2, -0.15) is 0 Å². The number of para-hydroxylation sites is 2. The van der Waals surface area contributed by atoms with Gasteiger partial charge in [-0.1, -0.05) is 290 Å². The monoisotopic (exact) mass is 1110 g/mol. The van der Waals surface area contributed by atoms with Crippen LogP contribution >= 0.6 is 0 Å². The van der Waals surface area contributed by atoms with Crippen molar-refractivity contribution in [1.29, 1.82) is 0 Å². The average molecular weight is 1110 g/mol. The molecule has 16 rings (SSSR count). The molecule has 0 fully saturated rings. The molecule has 3 heteroatoms. The molecular weight excluding hydrogens is 1050 g/mol. The Bertz CT molecular complexity index is 4800. The van der Waals surface area contributed by atoms with Crippen molar-refractivity contribution in [1.82, 2.24) is 0 Å². The van der Waals surface area contributed by atoms with E-state index in [0.29, 0.717) is 0 Å². The summed E-state index contributed by atoms with van der Waals surface area (Å²) in [4.78, 5) is 5.35. The van der Waals surface area contributed by atoms with E-state index >= 15 is 0 Å². The van der Waals surface area contributed by atoms with Crippen molar-refractivity contribution in [2.45, 2.75) is 52.4 Å². The summed E-state index contributed by atoms with van der Waals surface area (Å²) in [5, 5.41) is 7.78. The van der Waals surface area contributed by atoms with E-state index < -0.39 is 0 Å². The van der Waals surface area contributed by atoms with Crippen molar-refractivity contribution in [3.8, 4) is 66.8 Å². The fraction of sp³-hybridized carbons (Fsp3) is 0.0952. The van der Waals surface area contributed by atoms with Gasteiger partial charge in [0.05, 0.1) is 11.4 Å². The third kappa shape index (κ3) is 8.70. The van der Waals surface area contributed by atoms with Crippen molar-refractivity contribution >= 4 is 89.5 Å². The van der Waals surface area contributed by atoms with Crippen LogP contribution in [0.2, 0.25) is 0 Å². The maximum absolute atomic E-state index is 2.69. The Morgan fingerprint density at radius 1 is 0.253 bits per heavy atom. The van der Waals surface area contributed by atoms with Crippen molar-refractivity contribution in [3.63, 3.8) is 0 Å². The van der Waals surface area contributed by atoms with Crippen LogP contribution in [0.25, 0.3) is 99.1 Å². The van der Waals surface area contributed by atoms with E-state index in [1.54, 1.807) is 0 Å². The fourth-order valence-corrected chi connectivity index (χ4v) is 14.3. The Hall–Kier alpha value is -10.2. The van der Waals surface area contributed by atoms with Crippen molar-refractivity contribution in [3.05, 3.63) is 296 Å². The SMILES string of the molecule is CC(C)(C)c1cc2c3c(c1)N(c1c(-c4ccccc4)cccc1-c1ccccc1)c1cc(-c4cc5ccc6cc(C(C)(C)C)cc7ccc(c4)c5c67)ccc1B3c1cc(-c3ccccc3)ccc1N2c1c(-c2ccccc2)cccc1-c1ccccc1. The van der Waals surface area contributed by atoms with Gasteiger partial charge in [0.25, 0.3) is 6.71 Å². The second kappa shape index (κ2) is 20.2. The minimum Gasteiger partial charge on any atom is -0.310 e. The van der Waals surface area contributed by atoms with Gasteiger partial charge in [0.15, 0.2) is 0 Å². The van der Waals surface area contributed by atoms with Gasteiger partial charge in [0.2, 0.25) is 0 Å². The summed E-state index contributed by atoms with van der Waals surface area (Å²) in [7, 11) is 0. The molecule has 14 aromatic carbocycles. The summed E-state index contributed by atoms with van der Waals surface area (Å²) < 4.78 is 0. The molecule has 2 nitrogen and oxygen atoms in total. The number of benzene rings is 14. The highest BCUT2D eigenvalue weighted by atomic mass is 15.2. The number of anilines is 6. The summed E-state index contributed by atoms with van der Waals surface area (Å²) >= 11 is 0. The van der Waals surface area contributed by atoms with Crippen LogP contribution in [0, 0.1) is 0 Å². The topological polar surface area (TPSA) is 6.48 Å². The Kier molecular flexibility index (Phi) is 12.2. The second-order valence-electron chi connectivity index (χ2n) is 26.0. The number of fused-ring (bicyclic) bond motifs is 4. The molecule has 14 aromatic rings. The lowest BCUT2D eigenvalue weighted by Crippen LogP contribution is -2.61. The van der Waals surface area contributed by atoms with Gasteiger partial charge >= 0.3 is 0 Å². The largest absolute Gasteiger partial charge is 0.310 e. The first-order chi connectivity index (χ1) is 42.4. The molecule has 2 heterocycles. The van der Waals surface area contributed by atoms with Crippen LogP contribution in [0.15, 0.2) is 285 Å². The van der Waals surface area contributed by atoms with Gasteiger partial charge in [-0.3, -0.25) is 0 Å². The van der Waals surface area contributed by atoms with Crippen LogP contribution in [0.5, 0.6) is 0 Å². The zero-order valence-corrected chi connectivity index (χ0v) is 50.1. The molecule has 0 amide bonds. The molecule has 0 N–H and O–H groups in total. The summed E-state index contributed by atoms with van der Waals surface area (Å²) in [5.74, 6) is 0. The van der Waals surface area contributed by atoms with Gasteiger partial charge in [-0.15, -0.1) is 0 Å². The number of rotatable bonds is 8. The third-order valence-corrected chi connectivity index (χ3v) is 18.6. The molecule has 0 spiro atoms. The van der Waals surface area contributed by atoms with E-state index in [1.165, 1.54) is 138 Å². The Morgan fingerprint density at radius 3 is 1.05 bits per heavy atom. The van der Waals surface area contributed by atoms with E-state index in [2.05, 4.69) is 336 Å². The molecule has 2 aliphatic rings. The molecule has 0 unspecified atom stereocenters. The standard InChI is InChI=1S/C84H65BN2/c1-83(2,3)66-48-63-40-38-61-46-65(47-62-39-41-64(49-66)79(63)78(61)62)60-42-44-72-75(51-60)87(82-70(57-30-18-10-19-31-57)36-23-37-71(82)58-32-20-11-21-33-58)77-53-67(84(4,5)6)52-76-80(77)85(72)73-50-59(54-24-12-7-13-25-54)43-45-74(73)86(76)81-68(55-26-14-8-15-27-55)34-22-35-69(81)56-28-16-9-17-29-56/h7-53H,1-6H3. The zero-order chi connectivity index (χ0) is 58.7. The lowest BCUT2D eigenvalue weighted by molar-refractivity contribution is 0.590. The van der Waals surface area contributed by atoms with Crippen molar-refractivity contribution in [2.24, 2.45) is 0 Å². The molecular formula is C84H65BN2. The Balaban J connectivity index is 1.04. The first-order valence-electron chi connectivity index (χ1n) is 30.8. The minimum absolute atomic E-state index is 0.0424. The van der Waals surface area contributed by atoms with Crippen LogP contribution in [0.1, 0.15) is 52.7 Å². The second-order valence-corrected chi connectivity index (χ2v) is 26.0. The van der Waals surface area contributed by atoms with Crippen molar-refractivity contribution < 1.29 is 0 Å². The minimum atomic E-state index is -0.251. The molecule has 0 bridgehead atoms. The van der Waals surface area contributed by atoms with Crippen LogP contribution < -0.4 is 26.2 Å². The fourth-order valence-electron chi connectivity index (χ4n) is 14.3. The van der Waals surface area contributed by atoms with E-state index in [-0.39, 0.29) is 17.5 Å². The molecule has 0 atom stereocenters. The average Bonchev–Trinajstić information content (AvgIpc) is 0.736. The molecule has 0 aromatic heterocycles. The van der Waals surface area contributed by atoms with Crippen LogP contribution in [-0.4, -0.2) is 6.71 Å². The molecule has 0 saturated carbocycles. The number of hydrogen-bond acceptors (Lipinski definition) is 2. The smallest absolute Gasteiger partial charge is 0.252 e. The van der Waals surface area contributed by atoms with E-state index in [0.717, 1.165) is 22.5 Å². The molecule has 0 saturated heterocycles. The van der Waals surface area contributed by atoms with E-state index in [4.69, 9.17) is 0 Å². The molecule has 0 aliphatic carbocycles. The van der Waals surface area contributed by atoms with Crippen LogP contribution in [0.3, 0.4) is 0 Å². The number of nitrogens with zero attached hydrogens (tertiary/aromatic N) is 2. The molecule has 87 heavy (non-hydrogen) atoms. The Labute approximate surface area is 511 Å². The third-order valence-electron chi connectivity index (χ3n) is 18.6. The Morgan fingerprint density at radius 2 is 0.621 bits per heavy atom. The predicted octanol–water partition coefficient (Wildman–Crippen LogP) is 21.3. The van der Waals surface area contributed by atoms with E-state index in [9.17, 15) is 0 Å². The highest BCUT2D eigenvalue weighted by Crippen LogP contribution is 2.54. The lowest BCUT2D eigenvalue weighted by Gasteiger charge is -2.46. The molecule has 2 aliphatic heterocycles. The van der Waals surface area contributed by atoms with Crippen molar-refractivity contribution in [2.75, 3.05) is 9.80 Å². The van der Waals surface area contributed by atoms with Gasteiger partial charge in [0.1, 0.15) is 0 Å². The molecule has 0 radical (unpaired) electrons. The molecule has 414 valence electrons. The highest BCUT2D eigenvalue weighted by molar-refractivity contribution is 7.00. The maximum Gasteiger partial charge on any atom is 0.252 e. The van der Waals surface area contributed by atoms with Crippen LogP contribution in [-0.2, 0) is 10.8 Å². The first kappa shape index (κ1) is 52.3. The summed E-state index contributed by atoms with van der Waals surface area (Å²) in [6.45, 7) is 13.9. The normalized spacial score (nSPS) is 12.9. The van der Waals surface area contributed by atoms with Gasteiger partial charge in [0, 0.05) is 45.0 Å². The summed E-state index contributed by atoms with van der Waals surface area (Å²) in [6, 6.07) is 108. The maximum atomic E-state index is 2.69. The predicted molar refractivity (Wildman–Crippen MR) is 374 cm³/mol. The van der Waals surface area contributed by atoms with Gasteiger partial charge in [-0.05, 0) is 152 Å². The van der Waals surface area contributed by atoms with Crippen LogP contribution in [0.4, 0.5) is 34.1 Å².